The van der Waals surface area contributed by atoms with Gasteiger partial charge in [0.2, 0.25) is 0 Å². The number of benzene rings is 1. The van der Waals surface area contributed by atoms with E-state index in [1.165, 1.54) is 0 Å². The largest absolute Gasteiger partial charge is 0.345 e. The third-order valence-corrected chi connectivity index (χ3v) is 3.47. The molecule has 1 amide bonds. The highest BCUT2D eigenvalue weighted by molar-refractivity contribution is 9.10. The third-order valence-electron chi connectivity index (χ3n) is 2.81. The van der Waals surface area contributed by atoms with E-state index >= 15 is 0 Å². The topological polar surface area (TPSA) is 59.8 Å². The second kappa shape index (κ2) is 5.97. The summed E-state index contributed by atoms with van der Waals surface area (Å²) in [6, 6.07) is 5.64. The number of hydrogen-bond donors (Lipinski definition) is 1. The van der Waals surface area contributed by atoms with Crippen LogP contribution in [-0.2, 0) is 13.1 Å². The number of carbonyl (C=O) groups excluding carboxylic acids is 1. The summed E-state index contributed by atoms with van der Waals surface area (Å²) in [4.78, 5) is 12.1. The van der Waals surface area contributed by atoms with Gasteiger partial charge in [-0.1, -0.05) is 6.07 Å². The van der Waals surface area contributed by atoms with Crippen molar-refractivity contribution in [3.63, 3.8) is 0 Å². The van der Waals surface area contributed by atoms with Crippen LogP contribution in [0.4, 0.5) is 0 Å². The van der Waals surface area contributed by atoms with E-state index in [2.05, 4.69) is 31.4 Å². The Morgan fingerprint density at radius 2 is 2.26 bits per heavy atom. The van der Waals surface area contributed by atoms with Crippen molar-refractivity contribution in [3.05, 3.63) is 46.0 Å². The molecule has 0 saturated carbocycles. The smallest absolute Gasteiger partial charge is 0.252 e. The molecule has 19 heavy (non-hydrogen) atoms. The van der Waals surface area contributed by atoms with E-state index in [0.717, 1.165) is 22.4 Å². The fourth-order valence-corrected chi connectivity index (χ4v) is 2.41. The summed E-state index contributed by atoms with van der Waals surface area (Å²) < 4.78 is 2.69. The number of aryl methyl sites for hydroxylation is 2. The Kier molecular flexibility index (Phi) is 4.31. The minimum absolute atomic E-state index is 0.127. The van der Waals surface area contributed by atoms with Crippen LogP contribution < -0.4 is 5.32 Å². The van der Waals surface area contributed by atoms with Crippen molar-refractivity contribution in [2.45, 2.75) is 26.9 Å². The normalized spacial score (nSPS) is 10.5. The molecule has 0 radical (unpaired) electrons. The highest BCUT2D eigenvalue weighted by Gasteiger charge is 2.11. The summed E-state index contributed by atoms with van der Waals surface area (Å²) in [5, 5.41) is 10.6. The van der Waals surface area contributed by atoms with Crippen molar-refractivity contribution >= 4 is 21.8 Å². The van der Waals surface area contributed by atoms with Gasteiger partial charge in [-0.15, -0.1) is 10.2 Å². The van der Waals surface area contributed by atoms with Crippen molar-refractivity contribution in [2.75, 3.05) is 0 Å². The monoisotopic (exact) mass is 322 g/mol. The first-order valence-corrected chi connectivity index (χ1v) is 6.82. The summed E-state index contributed by atoms with van der Waals surface area (Å²) in [7, 11) is 0. The molecule has 2 aromatic rings. The van der Waals surface area contributed by atoms with E-state index in [-0.39, 0.29) is 5.91 Å². The maximum atomic E-state index is 12.1. The number of amides is 1. The molecule has 0 aliphatic rings. The lowest BCUT2D eigenvalue weighted by Crippen LogP contribution is -2.25. The molecule has 0 saturated heterocycles. The van der Waals surface area contributed by atoms with Gasteiger partial charge in [0.25, 0.3) is 5.91 Å². The van der Waals surface area contributed by atoms with Gasteiger partial charge in [-0.2, -0.15) is 0 Å². The van der Waals surface area contributed by atoms with E-state index in [4.69, 9.17) is 0 Å². The molecule has 0 aliphatic heterocycles. The Bertz CT molecular complexity index is 594. The predicted octanol–water partition coefficient (Wildman–Crippen LogP) is 2.30. The predicted molar refractivity (Wildman–Crippen MR) is 75.7 cm³/mol. The molecule has 0 spiro atoms. The van der Waals surface area contributed by atoms with Crippen molar-refractivity contribution in [1.29, 1.82) is 0 Å². The molecule has 100 valence electrons. The van der Waals surface area contributed by atoms with Crippen molar-refractivity contribution < 1.29 is 4.79 Å². The van der Waals surface area contributed by atoms with E-state index in [1.807, 2.05) is 30.5 Å². The molecule has 0 unspecified atom stereocenters. The summed E-state index contributed by atoms with van der Waals surface area (Å²) in [5.74, 6) is 0.622. The number of hydrogen-bond acceptors (Lipinski definition) is 3. The average molecular weight is 323 g/mol. The molecule has 1 aromatic carbocycles. The second-order valence-corrected chi connectivity index (χ2v) is 5.05. The maximum absolute atomic E-state index is 12.1. The summed E-state index contributed by atoms with van der Waals surface area (Å²) in [5.41, 5.74) is 1.72. The van der Waals surface area contributed by atoms with Gasteiger partial charge in [0.15, 0.2) is 5.82 Å². The Hall–Kier alpha value is -1.69. The van der Waals surface area contributed by atoms with Crippen molar-refractivity contribution in [2.24, 2.45) is 0 Å². The molecular weight excluding hydrogens is 308 g/mol. The Morgan fingerprint density at radius 1 is 1.47 bits per heavy atom. The second-order valence-electron chi connectivity index (χ2n) is 4.20. The standard InChI is InChI=1S/C13H15BrN4O/c1-3-18-8-16-17-12(18)7-15-13(19)10-5-4-9(2)6-11(10)14/h4-6,8H,3,7H2,1-2H3,(H,15,19). The van der Waals surface area contributed by atoms with Gasteiger partial charge < -0.3 is 9.88 Å². The van der Waals surface area contributed by atoms with Crippen LogP contribution >= 0.6 is 15.9 Å². The highest BCUT2D eigenvalue weighted by Crippen LogP contribution is 2.18. The highest BCUT2D eigenvalue weighted by atomic mass is 79.9. The van der Waals surface area contributed by atoms with Crippen LogP contribution in [0.5, 0.6) is 0 Å². The van der Waals surface area contributed by atoms with Gasteiger partial charge in [-0.3, -0.25) is 4.79 Å². The average Bonchev–Trinajstić information content (AvgIpc) is 2.83. The molecule has 1 aromatic heterocycles. The van der Waals surface area contributed by atoms with Crippen LogP contribution in [0.2, 0.25) is 0 Å². The fourth-order valence-electron chi connectivity index (χ4n) is 1.74. The van der Waals surface area contributed by atoms with Crippen LogP contribution in [0.1, 0.15) is 28.7 Å². The molecule has 6 heteroatoms. The minimum Gasteiger partial charge on any atom is -0.345 e. The van der Waals surface area contributed by atoms with Gasteiger partial charge in [0.1, 0.15) is 6.33 Å². The van der Waals surface area contributed by atoms with Gasteiger partial charge in [0, 0.05) is 11.0 Å². The molecular formula is C13H15BrN4O. The number of aromatic nitrogens is 3. The first-order chi connectivity index (χ1) is 9.11. The van der Waals surface area contributed by atoms with E-state index in [0.29, 0.717) is 12.1 Å². The first kappa shape index (κ1) is 13.7. The fraction of sp³-hybridized carbons (Fsp3) is 0.308. The lowest BCUT2D eigenvalue weighted by Gasteiger charge is -2.08. The Morgan fingerprint density at radius 3 is 2.95 bits per heavy atom. The summed E-state index contributed by atoms with van der Waals surface area (Å²) in [6.45, 7) is 5.14. The van der Waals surface area contributed by atoms with Crippen molar-refractivity contribution in [1.82, 2.24) is 20.1 Å². The molecule has 5 nitrogen and oxygen atoms in total. The number of halogens is 1. The quantitative estimate of drug-likeness (QED) is 0.939. The van der Waals surface area contributed by atoms with Crippen LogP contribution in [0.25, 0.3) is 0 Å². The van der Waals surface area contributed by atoms with E-state index in [9.17, 15) is 4.79 Å². The zero-order valence-corrected chi connectivity index (χ0v) is 12.4. The van der Waals surface area contributed by atoms with Crippen LogP contribution in [-0.4, -0.2) is 20.7 Å². The van der Waals surface area contributed by atoms with E-state index < -0.39 is 0 Å². The zero-order chi connectivity index (χ0) is 13.8. The van der Waals surface area contributed by atoms with Gasteiger partial charge in [-0.05, 0) is 47.5 Å². The molecule has 0 fully saturated rings. The molecule has 0 bridgehead atoms. The molecule has 1 heterocycles. The van der Waals surface area contributed by atoms with Crippen molar-refractivity contribution in [3.8, 4) is 0 Å². The SMILES string of the molecule is CCn1cnnc1CNC(=O)c1ccc(C)cc1Br. The first-order valence-electron chi connectivity index (χ1n) is 6.03. The van der Waals surface area contributed by atoms with Crippen LogP contribution in [0.3, 0.4) is 0 Å². The van der Waals surface area contributed by atoms with Crippen LogP contribution in [0, 0.1) is 6.92 Å². The summed E-state index contributed by atoms with van der Waals surface area (Å²) in [6.07, 6.45) is 1.66. The maximum Gasteiger partial charge on any atom is 0.252 e. The summed E-state index contributed by atoms with van der Waals surface area (Å²) >= 11 is 3.40. The van der Waals surface area contributed by atoms with Crippen LogP contribution in [0.15, 0.2) is 29.0 Å². The number of nitrogens with one attached hydrogen (secondary N) is 1. The minimum atomic E-state index is -0.127. The number of carbonyl (C=O) groups is 1. The lowest BCUT2D eigenvalue weighted by molar-refractivity contribution is 0.0948. The van der Waals surface area contributed by atoms with Gasteiger partial charge in [0.05, 0.1) is 12.1 Å². The molecule has 2 rings (SSSR count). The molecule has 1 N–H and O–H groups in total. The zero-order valence-electron chi connectivity index (χ0n) is 10.9. The molecule has 0 atom stereocenters. The number of rotatable bonds is 4. The van der Waals surface area contributed by atoms with E-state index in [1.54, 1.807) is 12.4 Å². The van der Waals surface area contributed by atoms with Gasteiger partial charge in [-0.25, -0.2) is 0 Å². The lowest BCUT2D eigenvalue weighted by atomic mass is 10.1. The van der Waals surface area contributed by atoms with Gasteiger partial charge >= 0.3 is 0 Å². The third kappa shape index (κ3) is 3.20. The Balaban J connectivity index is 2.05. The molecule has 0 aliphatic carbocycles. The number of nitrogens with zero attached hydrogens (tertiary/aromatic N) is 3. The Labute approximate surface area is 120 Å².